The van der Waals surface area contributed by atoms with Crippen molar-refractivity contribution in [3.63, 3.8) is 0 Å². The molecule has 0 bridgehead atoms. The first-order valence-electron chi connectivity index (χ1n) is 13.7. The minimum Gasteiger partial charge on any atom is -0.453 e. The van der Waals surface area contributed by atoms with Crippen molar-refractivity contribution in [3.8, 4) is 5.69 Å². The predicted octanol–water partition coefficient (Wildman–Crippen LogP) is 12.5. The first-order chi connectivity index (χ1) is 20.0. The molecule has 41 heavy (non-hydrogen) atoms. The Hall–Kier alpha value is -3.68. The third kappa shape index (κ3) is 2.96. The average molecular weight is 600 g/mol. The fourth-order valence-electron chi connectivity index (χ4n) is 6.43. The highest BCUT2D eigenvalue weighted by molar-refractivity contribution is 7.38. The molecule has 0 fully saturated rings. The van der Waals surface area contributed by atoms with Gasteiger partial charge in [-0.25, -0.2) is 0 Å². The lowest BCUT2D eigenvalue weighted by Crippen LogP contribution is -1.93. The molecule has 0 saturated heterocycles. The highest BCUT2D eigenvalue weighted by atomic mass is 32.1. The summed E-state index contributed by atoms with van der Waals surface area (Å²) in [5, 5.41) is 5.32. The molecule has 0 atom stereocenters. The minimum atomic E-state index is 0.960. The maximum absolute atomic E-state index is 6.63. The zero-order chi connectivity index (χ0) is 27.1. The van der Waals surface area contributed by atoms with Crippen molar-refractivity contribution in [1.29, 1.82) is 0 Å². The lowest BCUT2D eigenvalue weighted by molar-refractivity contribution is 0.673. The van der Waals surface area contributed by atoms with Crippen LogP contribution in [0.15, 0.2) is 77.2 Å². The summed E-state index contributed by atoms with van der Waals surface area (Å²) in [6, 6.07) is 27.2. The molecule has 6 heteroatoms. The van der Waals surface area contributed by atoms with Crippen LogP contribution in [0.2, 0.25) is 0 Å². The SMILES string of the molecule is Cc1ccc(-n2c3c4ccc(C)cc4oc3c3sc4c5cc6sc7c8ccc(C)cc8sc7c6cc5sc4c32)cc1. The molecule has 0 saturated carbocycles. The molecule has 0 amide bonds. The normalized spacial score (nSPS) is 12.8. The van der Waals surface area contributed by atoms with Crippen molar-refractivity contribution >= 4 is 127 Å². The molecule has 0 N–H and O–H groups in total. The van der Waals surface area contributed by atoms with E-state index in [0.717, 1.165) is 11.2 Å². The summed E-state index contributed by atoms with van der Waals surface area (Å²) in [6.45, 7) is 6.46. The number of benzene rings is 4. The summed E-state index contributed by atoms with van der Waals surface area (Å²) in [4.78, 5) is 0. The van der Waals surface area contributed by atoms with Crippen molar-refractivity contribution in [1.82, 2.24) is 4.57 Å². The van der Waals surface area contributed by atoms with Gasteiger partial charge in [0.1, 0.15) is 11.1 Å². The number of thiophene rings is 4. The second-order valence-electron chi connectivity index (χ2n) is 11.2. The molecule has 6 aromatic heterocycles. The number of hydrogen-bond donors (Lipinski definition) is 0. The Balaban J connectivity index is 1.33. The number of hydrogen-bond acceptors (Lipinski definition) is 5. The second-order valence-corrected chi connectivity index (χ2v) is 15.4. The zero-order valence-electron chi connectivity index (χ0n) is 22.4. The topological polar surface area (TPSA) is 18.1 Å². The van der Waals surface area contributed by atoms with Gasteiger partial charge in [-0.1, -0.05) is 35.9 Å². The van der Waals surface area contributed by atoms with Gasteiger partial charge in [-0.15, -0.1) is 45.3 Å². The van der Waals surface area contributed by atoms with Crippen molar-refractivity contribution in [2.45, 2.75) is 20.8 Å². The molecule has 0 aliphatic carbocycles. The Morgan fingerprint density at radius 1 is 0.488 bits per heavy atom. The largest absolute Gasteiger partial charge is 0.453 e. The summed E-state index contributed by atoms with van der Waals surface area (Å²) >= 11 is 7.70. The predicted molar refractivity (Wildman–Crippen MR) is 184 cm³/mol. The highest BCUT2D eigenvalue weighted by Gasteiger charge is 2.26. The van der Waals surface area contributed by atoms with Crippen LogP contribution in [0.4, 0.5) is 0 Å². The molecule has 0 unspecified atom stereocenters. The smallest absolute Gasteiger partial charge is 0.171 e. The van der Waals surface area contributed by atoms with E-state index in [1.807, 2.05) is 45.3 Å². The molecule has 0 radical (unpaired) electrons. The van der Waals surface area contributed by atoms with Crippen molar-refractivity contribution < 1.29 is 4.42 Å². The van der Waals surface area contributed by atoms with Crippen LogP contribution < -0.4 is 0 Å². The Morgan fingerprint density at radius 3 is 1.83 bits per heavy atom. The van der Waals surface area contributed by atoms with Gasteiger partial charge in [0.05, 0.1) is 29.0 Å². The van der Waals surface area contributed by atoms with E-state index >= 15 is 0 Å². The zero-order valence-corrected chi connectivity index (χ0v) is 25.7. The quantitative estimate of drug-likeness (QED) is 0.184. The van der Waals surface area contributed by atoms with Gasteiger partial charge in [0, 0.05) is 41.3 Å². The molecule has 0 aliphatic heterocycles. The van der Waals surface area contributed by atoms with Crippen LogP contribution in [0.1, 0.15) is 16.7 Å². The fourth-order valence-corrected chi connectivity index (χ4v) is 11.9. The van der Waals surface area contributed by atoms with E-state index in [0.29, 0.717) is 0 Å². The van der Waals surface area contributed by atoms with Crippen LogP contribution in [-0.2, 0) is 0 Å². The Kier molecular flexibility index (Phi) is 4.35. The minimum absolute atomic E-state index is 0.960. The molecule has 10 rings (SSSR count). The average Bonchev–Trinajstić information content (AvgIpc) is 3.76. The Bertz CT molecular complexity index is 2720. The molecular weight excluding hydrogens is 579 g/mol. The summed E-state index contributed by atoms with van der Waals surface area (Å²) in [7, 11) is 0. The third-order valence-electron chi connectivity index (χ3n) is 8.40. The van der Waals surface area contributed by atoms with Gasteiger partial charge in [0.25, 0.3) is 0 Å². The van der Waals surface area contributed by atoms with Gasteiger partial charge in [-0.3, -0.25) is 0 Å². The number of fused-ring (bicyclic) bond motifs is 14. The van der Waals surface area contributed by atoms with Crippen LogP contribution >= 0.6 is 45.3 Å². The number of aromatic nitrogens is 1. The van der Waals surface area contributed by atoms with E-state index in [2.05, 4.69) is 98.1 Å². The van der Waals surface area contributed by atoms with Gasteiger partial charge in [0.2, 0.25) is 0 Å². The number of nitrogens with zero attached hydrogens (tertiary/aromatic N) is 1. The maximum Gasteiger partial charge on any atom is 0.171 e. The van der Waals surface area contributed by atoms with E-state index in [9.17, 15) is 0 Å². The third-order valence-corrected chi connectivity index (χ3v) is 13.4. The van der Waals surface area contributed by atoms with Crippen LogP contribution in [-0.4, -0.2) is 4.57 Å². The van der Waals surface area contributed by atoms with Gasteiger partial charge in [0.15, 0.2) is 5.58 Å². The molecule has 196 valence electrons. The van der Waals surface area contributed by atoms with Crippen LogP contribution in [0.3, 0.4) is 0 Å². The van der Waals surface area contributed by atoms with Crippen LogP contribution in [0.5, 0.6) is 0 Å². The van der Waals surface area contributed by atoms with E-state index < -0.39 is 0 Å². The lowest BCUT2D eigenvalue weighted by Gasteiger charge is -2.07. The maximum atomic E-state index is 6.63. The second kappa shape index (κ2) is 7.78. The molecule has 2 nitrogen and oxygen atoms in total. The van der Waals surface area contributed by atoms with Crippen molar-refractivity contribution in [2.24, 2.45) is 0 Å². The van der Waals surface area contributed by atoms with E-state index in [1.54, 1.807) is 0 Å². The van der Waals surface area contributed by atoms with Gasteiger partial charge < -0.3 is 8.98 Å². The van der Waals surface area contributed by atoms with E-state index in [1.165, 1.54) is 92.6 Å². The highest BCUT2D eigenvalue weighted by Crippen LogP contribution is 2.53. The first-order valence-corrected chi connectivity index (χ1v) is 16.9. The van der Waals surface area contributed by atoms with Crippen molar-refractivity contribution in [3.05, 3.63) is 89.5 Å². The monoisotopic (exact) mass is 599 g/mol. The van der Waals surface area contributed by atoms with Gasteiger partial charge >= 0.3 is 0 Å². The molecule has 6 heterocycles. The number of rotatable bonds is 1. The lowest BCUT2D eigenvalue weighted by atomic mass is 10.1. The first kappa shape index (κ1) is 22.9. The summed E-state index contributed by atoms with van der Waals surface area (Å²) in [5.74, 6) is 0. The van der Waals surface area contributed by atoms with Crippen LogP contribution in [0, 0.1) is 20.8 Å². The summed E-state index contributed by atoms with van der Waals surface area (Å²) in [6.07, 6.45) is 0. The molecular formula is C35H21NOS4. The number of aryl methyl sites for hydroxylation is 3. The van der Waals surface area contributed by atoms with E-state index in [4.69, 9.17) is 4.42 Å². The van der Waals surface area contributed by atoms with Crippen LogP contribution in [0.25, 0.3) is 87.0 Å². The molecule has 10 aromatic rings. The Labute approximate surface area is 250 Å². The standard InChI is InChI=1S/C35H21NOS4/c1-16-4-8-19(9-5-16)36-28-20-10-6-17(2)12-24(20)37-30(28)34-29(36)35-33(41-34)23-15-26-22(14-27(23)40-35)32-31(39-26)21-11-7-18(3)13-25(21)38-32/h4-15H,1-3H3. The fraction of sp³-hybridized carbons (Fsp3) is 0.0857. The van der Waals surface area contributed by atoms with E-state index in [-0.39, 0.29) is 0 Å². The summed E-state index contributed by atoms with van der Waals surface area (Å²) in [5.41, 5.74) is 9.40. The molecule has 4 aromatic carbocycles. The Morgan fingerprint density at radius 2 is 1.07 bits per heavy atom. The number of furan rings is 1. The molecule has 0 aliphatic rings. The van der Waals surface area contributed by atoms with Gasteiger partial charge in [-0.2, -0.15) is 0 Å². The summed E-state index contributed by atoms with van der Waals surface area (Å²) < 4.78 is 20.0. The van der Waals surface area contributed by atoms with Crippen molar-refractivity contribution in [2.75, 3.05) is 0 Å². The molecule has 0 spiro atoms. The van der Waals surface area contributed by atoms with Gasteiger partial charge in [-0.05, 0) is 74.4 Å².